The molecule has 1 fully saturated rings. The predicted molar refractivity (Wildman–Crippen MR) is 137 cm³/mol. The molecular weight excluding hydrogens is 480 g/mol. The highest BCUT2D eigenvalue weighted by molar-refractivity contribution is 7.89. The van der Waals surface area contributed by atoms with Crippen molar-refractivity contribution in [2.45, 2.75) is 37.0 Å². The minimum absolute atomic E-state index is 0.103. The smallest absolute Gasteiger partial charge is 0.265 e. The third-order valence-electron chi connectivity index (χ3n) is 6.77. The highest BCUT2D eigenvalue weighted by Gasteiger charge is 2.31. The number of nitrogens with one attached hydrogen (secondary N) is 2. The van der Waals surface area contributed by atoms with Crippen molar-refractivity contribution in [3.05, 3.63) is 54.2 Å². The lowest BCUT2D eigenvalue weighted by Crippen LogP contribution is -2.45. The molecule has 0 bridgehead atoms. The van der Waals surface area contributed by atoms with Crippen LogP contribution in [0.2, 0.25) is 0 Å². The van der Waals surface area contributed by atoms with E-state index >= 15 is 0 Å². The fourth-order valence-corrected chi connectivity index (χ4v) is 6.36. The zero-order valence-electron chi connectivity index (χ0n) is 20.0. The van der Waals surface area contributed by atoms with E-state index in [9.17, 15) is 18.0 Å². The zero-order valence-corrected chi connectivity index (χ0v) is 20.9. The predicted octanol–water partition coefficient (Wildman–Crippen LogP) is 2.82. The SMILES string of the molecule is O=C(CN1C(=O)COc2ccc(S(=O)(=O)N3CCCCCC3)cc21)NCCc1c[nH]c2ccccc12. The van der Waals surface area contributed by atoms with E-state index in [0.717, 1.165) is 42.1 Å². The zero-order chi connectivity index (χ0) is 25.1. The van der Waals surface area contributed by atoms with Gasteiger partial charge in [-0.1, -0.05) is 31.0 Å². The number of amides is 2. The molecule has 1 aromatic heterocycles. The largest absolute Gasteiger partial charge is 0.482 e. The summed E-state index contributed by atoms with van der Waals surface area (Å²) < 4.78 is 33.6. The van der Waals surface area contributed by atoms with E-state index in [0.29, 0.717) is 37.5 Å². The third-order valence-corrected chi connectivity index (χ3v) is 8.66. The summed E-state index contributed by atoms with van der Waals surface area (Å²) in [6, 6.07) is 12.5. The summed E-state index contributed by atoms with van der Waals surface area (Å²) in [7, 11) is -3.71. The van der Waals surface area contributed by atoms with Gasteiger partial charge in [-0.3, -0.25) is 14.5 Å². The van der Waals surface area contributed by atoms with Crippen LogP contribution in [0.15, 0.2) is 53.6 Å². The molecule has 0 unspecified atom stereocenters. The fraction of sp³-hybridized carbons (Fsp3) is 0.385. The van der Waals surface area contributed by atoms with Gasteiger partial charge < -0.3 is 15.0 Å². The Hall–Kier alpha value is -3.37. The second-order valence-electron chi connectivity index (χ2n) is 9.18. The van der Waals surface area contributed by atoms with Gasteiger partial charge in [-0.05, 0) is 49.1 Å². The van der Waals surface area contributed by atoms with Crippen molar-refractivity contribution < 1.29 is 22.7 Å². The summed E-state index contributed by atoms with van der Waals surface area (Å²) in [4.78, 5) is 30.0. The Morgan fingerprint density at radius 3 is 2.64 bits per heavy atom. The van der Waals surface area contributed by atoms with Crippen molar-refractivity contribution in [1.82, 2.24) is 14.6 Å². The molecule has 2 aromatic carbocycles. The van der Waals surface area contributed by atoms with Crippen LogP contribution < -0.4 is 15.0 Å². The number of ether oxygens (including phenoxy) is 1. The van der Waals surface area contributed by atoms with Crippen molar-refractivity contribution in [3.63, 3.8) is 0 Å². The lowest BCUT2D eigenvalue weighted by Gasteiger charge is -2.30. The summed E-state index contributed by atoms with van der Waals surface area (Å²) in [5.41, 5.74) is 2.44. The van der Waals surface area contributed by atoms with Gasteiger partial charge in [0.1, 0.15) is 12.3 Å². The first-order valence-electron chi connectivity index (χ1n) is 12.3. The van der Waals surface area contributed by atoms with E-state index in [2.05, 4.69) is 10.3 Å². The normalized spacial score (nSPS) is 16.9. The van der Waals surface area contributed by atoms with Gasteiger partial charge in [-0.2, -0.15) is 4.31 Å². The number of rotatable bonds is 7. The number of anilines is 1. The Morgan fingerprint density at radius 2 is 1.83 bits per heavy atom. The van der Waals surface area contributed by atoms with E-state index in [4.69, 9.17) is 4.74 Å². The molecule has 0 radical (unpaired) electrons. The summed E-state index contributed by atoms with van der Waals surface area (Å²) >= 11 is 0. The average molecular weight is 511 g/mol. The minimum atomic E-state index is -3.71. The number of sulfonamides is 1. The van der Waals surface area contributed by atoms with Gasteiger partial charge in [0.15, 0.2) is 6.61 Å². The molecule has 2 aliphatic heterocycles. The number of hydrogen-bond donors (Lipinski definition) is 2. The Morgan fingerprint density at radius 1 is 1.06 bits per heavy atom. The molecule has 10 heteroatoms. The quantitative estimate of drug-likeness (QED) is 0.508. The molecule has 0 atom stereocenters. The maximum absolute atomic E-state index is 13.3. The maximum atomic E-state index is 13.3. The van der Waals surface area contributed by atoms with Crippen molar-refractivity contribution in [2.24, 2.45) is 0 Å². The van der Waals surface area contributed by atoms with E-state index < -0.39 is 15.9 Å². The number of aromatic amines is 1. The number of hydrogen-bond acceptors (Lipinski definition) is 5. The van der Waals surface area contributed by atoms with E-state index in [1.165, 1.54) is 21.3 Å². The van der Waals surface area contributed by atoms with Gasteiger partial charge in [-0.25, -0.2) is 8.42 Å². The molecule has 190 valence electrons. The van der Waals surface area contributed by atoms with Crippen LogP contribution in [0.4, 0.5) is 5.69 Å². The third kappa shape index (κ3) is 4.96. The van der Waals surface area contributed by atoms with Crippen LogP contribution in [0.3, 0.4) is 0 Å². The van der Waals surface area contributed by atoms with Crippen LogP contribution in [0.5, 0.6) is 5.75 Å². The Labute approximate surface area is 210 Å². The van der Waals surface area contributed by atoms with E-state index in [1.807, 2.05) is 30.5 Å². The minimum Gasteiger partial charge on any atom is -0.482 e. The van der Waals surface area contributed by atoms with Crippen LogP contribution in [0.1, 0.15) is 31.2 Å². The van der Waals surface area contributed by atoms with Crippen LogP contribution in [0, 0.1) is 0 Å². The fourth-order valence-electron chi connectivity index (χ4n) is 4.82. The van der Waals surface area contributed by atoms with Gasteiger partial charge in [0.25, 0.3) is 5.91 Å². The standard InChI is InChI=1S/C26H30N4O5S/c31-25(27-12-11-19-16-28-22-8-4-3-7-21(19)22)17-30-23-15-20(9-10-24(23)35-18-26(30)32)36(33,34)29-13-5-1-2-6-14-29/h3-4,7-10,15-16,28H,1-2,5-6,11-14,17-18H2,(H,27,31). The molecule has 2 amide bonds. The molecule has 2 aliphatic rings. The van der Waals surface area contributed by atoms with E-state index in [1.54, 1.807) is 6.07 Å². The molecule has 3 aromatic rings. The molecule has 0 aliphatic carbocycles. The highest BCUT2D eigenvalue weighted by atomic mass is 32.2. The molecule has 1 saturated heterocycles. The van der Waals surface area contributed by atoms with E-state index in [-0.39, 0.29) is 24.0 Å². The Balaban J connectivity index is 1.28. The van der Waals surface area contributed by atoms with Gasteiger partial charge in [-0.15, -0.1) is 0 Å². The molecule has 9 nitrogen and oxygen atoms in total. The van der Waals surface area contributed by atoms with Crippen molar-refractivity contribution in [1.29, 1.82) is 0 Å². The second-order valence-corrected chi connectivity index (χ2v) is 11.1. The number of carbonyl (C=O) groups excluding carboxylic acids is 2. The topological polar surface area (TPSA) is 112 Å². The number of fused-ring (bicyclic) bond motifs is 2. The number of benzene rings is 2. The number of aromatic nitrogens is 1. The molecule has 5 rings (SSSR count). The Kier molecular flexibility index (Phi) is 6.97. The molecule has 36 heavy (non-hydrogen) atoms. The van der Waals surface area contributed by atoms with Crippen LogP contribution >= 0.6 is 0 Å². The van der Waals surface area contributed by atoms with Crippen LogP contribution in [-0.4, -0.2) is 62.3 Å². The number of para-hydroxylation sites is 1. The van der Waals surface area contributed by atoms with Gasteiger partial charge >= 0.3 is 0 Å². The van der Waals surface area contributed by atoms with Gasteiger partial charge in [0, 0.05) is 36.7 Å². The van der Waals surface area contributed by atoms with Crippen LogP contribution in [-0.2, 0) is 26.0 Å². The molecule has 2 N–H and O–H groups in total. The number of carbonyl (C=O) groups is 2. The molecule has 0 saturated carbocycles. The summed E-state index contributed by atoms with van der Waals surface area (Å²) in [5.74, 6) is -0.327. The lowest BCUT2D eigenvalue weighted by molar-refractivity contribution is -0.125. The first-order valence-corrected chi connectivity index (χ1v) is 13.8. The van der Waals surface area contributed by atoms with Crippen molar-refractivity contribution in [3.8, 4) is 5.75 Å². The maximum Gasteiger partial charge on any atom is 0.265 e. The van der Waals surface area contributed by atoms with Crippen molar-refractivity contribution >= 4 is 38.4 Å². The first kappa shape index (κ1) is 24.3. The monoisotopic (exact) mass is 510 g/mol. The molecule has 3 heterocycles. The summed E-state index contributed by atoms with van der Waals surface area (Å²) in [6.07, 6.45) is 6.27. The average Bonchev–Trinajstić information content (AvgIpc) is 3.08. The second kappa shape index (κ2) is 10.3. The van der Waals surface area contributed by atoms with Gasteiger partial charge in [0.05, 0.1) is 10.6 Å². The molecule has 0 spiro atoms. The Bertz CT molecular complexity index is 1380. The number of H-pyrrole nitrogens is 1. The first-order chi connectivity index (χ1) is 17.4. The van der Waals surface area contributed by atoms with Crippen molar-refractivity contribution in [2.75, 3.05) is 37.7 Å². The van der Waals surface area contributed by atoms with Gasteiger partial charge in [0.2, 0.25) is 15.9 Å². The number of nitrogens with zero attached hydrogens (tertiary/aromatic N) is 2. The highest BCUT2D eigenvalue weighted by Crippen LogP contribution is 2.35. The van der Waals surface area contributed by atoms with Crippen LogP contribution in [0.25, 0.3) is 10.9 Å². The summed E-state index contributed by atoms with van der Waals surface area (Å²) in [6.45, 7) is 0.967. The molecular formula is C26H30N4O5S. The lowest BCUT2D eigenvalue weighted by atomic mass is 10.1. The summed E-state index contributed by atoms with van der Waals surface area (Å²) in [5, 5.41) is 3.99.